The van der Waals surface area contributed by atoms with Crippen LogP contribution in [0.3, 0.4) is 0 Å². The van der Waals surface area contributed by atoms with Crippen LogP contribution in [0.4, 0.5) is 0 Å². The lowest BCUT2D eigenvalue weighted by molar-refractivity contribution is -0.252. The molecule has 8 nitrogen and oxygen atoms in total. The Balaban J connectivity index is 1.57. The van der Waals surface area contributed by atoms with Gasteiger partial charge in [-0.15, -0.1) is 0 Å². The molecule has 0 radical (unpaired) electrons. The SMILES string of the molecule is Oc1ccc(C2OC[C@H]3OC(c4ccc(O)cc4)OC[C@H](O)[C@H](O2)[C@H]3O)cc1. The van der Waals surface area contributed by atoms with Gasteiger partial charge in [0.1, 0.15) is 35.9 Å². The monoisotopic (exact) mass is 390 g/mol. The van der Waals surface area contributed by atoms with E-state index in [1.807, 2.05) is 0 Å². The molecule has 0 amide bonds. The lowest BCUT2D eigenvalue weighted by Crippen LogP contribution is -2.50. The second-order valence-corrected chi connectivity index (χ2v) is 6.85. The van der Waals surface area contributed by atoms with E-state index in [-0.39, 0.29) is 24.7 Å². The molecule has 2 saturated heterocycles. The third-order valence-corrected chi connectivity index (χ3v) is 4.84. The van der Waals surface area contributed by atoms with Crippen molar-refractivity contribution in [2.45, 2.75) is 37.0 Å². The van der Waals surface area contributed by atoms with Crippen LogP contribution in [0.2, 0.25) is 0 Å². The minimum atomic E-state index is -1.14. The summed E-state index contributed by atoms with van der Waals surface area (Å²) >= 11 is 0. The Labute approximate surface area is 161 Å². The molecule has 2 aliphatic rings. The van der Waals surface area contributed by atoms with Gasteiger partial charge in [-0.05, 0) is 24.3 Å². The van der Waals surface area contributed by atoms with Gasteiger partial charge in [-0.1, -0.05) is 24.3 Å². The Hall–Kier alpha value is -2.20. The zero-order valence-electron chi connectivity index (χ0n) is 14.9. The van der Waals surface area contributed by atoms with Crippen LogP contribution >= 0.6 is 0 Å². The van der Waals surface area contributed by atoms with E-state index in [1.165, 1.54) is 24.3 Å². The number of rotatable bonds is 2. The van der Waals surface area contributed by atoms with Gasteiger partial charge in [-0.3, -0.25) is 0 Å². The van der Waals surface area contributed by atoms with Gasteiger partial charge >= 0.3 is 0 Å². The highest BCUT2D eigenvalue weighted by Crippen LogP contribution is 2.34. The van der Waals surface area contributed by atoms with E-state index >= 15 is 0 Å². The molecule has 4 rings (SSSR count). The van der Waals surface area contributed by atoms with Crippen LogP contribution in [0.25, 0.3) is 0 Å². The van der Waals surface area contributed by atoms with Crippen molar-refractivity contribution in [2.24, 2.45) is 0 Å². The molecule has 2 heterocycles. The van der Waals surface area contributed by atoms with Crippen molar-refractivity contribution in [3.63, 3.8) is 0 Å². The summed E-state index contributed by atoms with van der Waals surface area (Å²) in [5.74, 6) is 0.218. The predicted octanol–water partition coefficient (Wildman–Crippen LogP) is 1.35. The standard InChI is InChI=1S/C20H22O8/c21-13-5-1-11(2-6-13)19-25-9-15(23)18-17(24)16(27-19)10-26-20(28-18)12-3-7-14(22)8-4-12/h1-8,15-24H,9-10H2/t15-,16+,17-,18-,19?,20?/m0/s1. The van der Waals surface area contributed by atoms with Crippen LogP contribution in [-0.4, -0.2) is 58.1 Å². The molecular formula is C20H22O8. The average Bonchev–Trinajstić information content (AvgIpc) is 2.87. The first-order chi connectivity index (χ1) is 13.5. The van der Waals surface area contributed by atoms with Gasteiger partial charge < -0.3 is 39.4 Å². The molecule has 0 aliphatic carbocycles. The molecule has 8 heteroatoms. The summed E-state index contributed by atoms with van der Waals surface area (Å²) in [6.45, 7) is -0.115. The zero-order chi connectivity index (χ0) is 19.7. The van der Waals surface area contributed by atoms with Crippen LogP contribution in [0.5, 0.6) is 11.5 Å². The van der Waals surface area contributed by atoms with Crippen LogP contribution in [0.15, 0.2) is 48.5 Å². The number of aromatic hydroxyl groups is 2. The Morgan fingerprint density at radius 3 is 1.75 bits per heavy atom. The van der Waals surface area contributed by atoms with Crippen molar-refractivity contribution in [1.29, 1.82) is 0 Å². The van der Waals surface area contributed by atoms with E-state index < -0.39 is 37.0 Å². The predicted molar refractivity (Wildman–Crippen MR) is 95.4 cm³/mol. The largest absolute Gasteiger partial charge is 0.508 e. The Morgan fingerprint density at radius 2 is 1.18 bits per heavy atom. The molecule has 4 N–H and O–H groups in total. The lowest BCUT2D eigenvalue weighted by atomic mass is 10.0. The fraction of sp³-hybridized carbons (Fsp3) is 0.400. The summed E-state index contributed by atoms with van der Waals surface area (Å²) in [5, 5.41) is 40.2. The number of aliphatic hydroxyl groups excluding tert-OH is 2. The topological polar surface area (TPSA) is 118 Å². The average molecular weight is 390 g/mol. The summed E-state index contributed by atoms with van der Waals surface area (Å²) in [4.78, 5) is 0. The maximum atomic E-state index is 10.7. The van der Waals surface area contributed by atoms with Gasteiger partial charge in [0.15, 0.2) is 12.6 Å². The first-order valence-electron chi connectivity index (χ1n) is 8.99. The maximum absolute atomic E-state index is 10.7. The second kappa shape index (κ2) is 8.04. The highest BCUT2D eigenvalue weighted by Gasteiger charge is 2.43. The highest BCUT2D eigenvalue weighted by molar-refractivity contribution is 5.27. The van der Waals surface area contributed by atoms with Gasteiger partial charge in [-0.25, -0.2) is 0 Å². The van der Waals surface area contributed by atoms with E-state index in [1.54, 1.807) is 24.3 Å². The van der Waals surface area contributed by atoms with E-state index in [0.29, 0.717) is 11.1 Å². The number of hydrogen-bond acceptors (Lipinski definition) is 8. The summed E-state index contributed by atoms with van der Waals surface area (Å²) < 4.78 is 23.2. The van der Waals surface area contributed by atoms with Gasteiger partial charge in [0.05, 0.1) is 13.2 Å². The highest BCUT2D eigenvalue weighted by atomic mass is 16.7. The van der Waals surface area contributed by atoms with Crippen LogP contribution in [-0.2, 0) is 18.9 Å². The molecule has 0 aromatic heterocycles. The Morgan fingerprint density at radius 1 is 0.679 bits per heavy atom. The number of aliphatic hydroxyl groups is 2. The molecule has 28 heavy (non-hydrogen) atoms. The summed E-state index contributed by atoms with van der Waals surface area (Å²) in [6, 6.07) is 12.6. The summed E-state index contributed by atoms with van der Waals surface area (Å²) in [5.41, 5.74) is 1.27. The van der Waals surface area contributed by atoms with E-state index in [2.05, 4.69) is 0 Å². The third-order valence-electron chi connectivity index (χ3n) is 4.84. The van der Waals surface area contributed by atoms with E-state index in [0.717, 1.165) is 0 Å². The van der Waals surface area contributed by atoms with Crippen molar-refractivity contribution >= 4 is 0 Å². The molecule has 2 bridgehead atoms. The smallest absolute Gasteiger partial charge is 0.184 e. The number of benzene rings is 2. The molecule has 2 aromatic carbocycles. The van der Waals surface area contributed by atoms with Crippen molar-refractivity contribution in [3.8, 4) is 11.5 Å². The van der Waals surface area contributed by atoms with E-state index in [4.69, 9.17) is 18.9 Å². The van der Waals surface area contributed by atoms with Crippen molar-refractivity contribution in [1.82, 2.24) is 0 Å². The first kappa shape index (κ1) is 19.1. The number of phenolic OH excluding ortho intramolecular Hbond substituents is 2. The van der Waals surface area contributed by atoms with Crippen LogP contribution in [0.1, 0.15) is 23.7 Å². The van der Waals surface area contributed by atoms with Crippen molar-refractivity contribution < 1.29 is 39.4 Å². The van der Waals surface area contributed by atoms with Crippen LogP contribution < -0.4 is 0 Å². The second-order valence-electron chi connectivity index (χ2n) is 6.85. The molecular weight excluding hydrogens is 368 g/mol. The van der Waals surface area contributed by atoms with Crippen molar-refractivity contribution in [3.05, 3.63) is 59.7 Å². The molecule has 2 unspecified atom stereocenters. The normalized spacial score (nSPS) is 33.5. The van der Waals surface area contributed by atoms with Crippen LogP contribution in [0, 0.1) is 0 Å². The Bertz CT molecular complexity index is 734. The van der Waals surface area contributed by atoms with Gasteiger partial charge in [0, 0.05) is 11.1 Å². The van der Waals surface area contributed by atoms with Crippen molar-refractivity contribution in [2.75, 3.05) is 13.2 Å². The van der Waals surface area contributed by atoms with E-state index in [9.17, 15) is 20.4 Å². The summed E-state index contributed by atoms with van der Waals surface area (Å²) in [7, 11) is 0. The van der Waals surface area contributed by atoms with Gasteiger partial charge in [0.2, 0.25) is 0 Å². The number of ether oxygens (including phenoxy) is 4. The molecule has 6 atom stereocenters. The Kier molecular flexibility index (Phi) is 5.49. The minimum Gasteiger partial charge on any atom is -0.508 e. The number of hydrogen-bond donors (Lipinski definition) is 4. The maximum Gasteiger partial charge on any atom is 0.184 e. The first-order valence-corrected chi connectivity index (χ1v) is 8.99. The molecule has 150 valence electrons. The molecule has 2 aliphatic heterocycles. The van der Waals surface area contributed by atoms with Gasteiger partial charge in [0.25, 0.3) is 0 Å². The minimum absolute atomic E-state index is 0.00781. The quantitative estimate of drug-likeness (QED) is 0.607. The fourth-order valence-electron chi connectivity index (χ4n) is 3.28. The lowest BCUT2D eigenvalue weighted by Gasteiger charge is -2.35. The molecule has 2 fully saturated rings. The number of phenols is 2. The fourth-order valence-corrected chi connectivity index (χ4v) is 3.28. The third kappa shape index (κ3) is 3.97. The summed E-state index contributed by atoms with van der Waals surface area (Å²) in [6.07, 6.45) is -5.71. The molecule has 0 spiro atoms. The zero-order valence-corrected chi connectivity index (χ0v) is 14.9. The molecule has 2 aromatic rings. The number of fused-ring (bicyclic) bond motifs is 2. The van der Waals surface area contributed by atoms with Gasteiger partial charge in [-0.2, -0.15) is 0 Å². The molecule has 0 saturated carbocycles.